The zero-order valence-corrected chi connectivity index (χ0v) is 24.7. The van der Waals surface area contributed by atoms with E-state index in [0.717, 1.165) is 27.4 Å². The molecule has 0 aliphatic carbocycles. The van der Waals surface area contributed by atoms with E-state index in [1.807, 2.05) is 52.0 Å². The van der Waals surface area contributed by atoms with Crippen molar-refractivity contribution < 1.29 is 22.7 Å². The second kappa shape index (κ2) is 14.0. The standard InChI is InChI=1S/C31H39N3O5S/c1-6-20-32-31(36)29(7-2)33(21-25-12-8-23(3)9-13-25)30(35)22-34(26-14-16-27(39-5)17-15-26)40(37,38)28-18-10-24(4)11-19-28/h8-19,29H,6-7,20-22H2,1-5H3,(H,32,36). The van der Waals surface area contributed by atoms with Gasteiger partial charge in [-0.3, -0.25) is 13.9 Å². The summed E-state index contributed by atoms with van der Waals surface area (Å²) in [6, 6.07) is 20.0. The lowest BCUT2D eigenvalue weighted by Gasteiger charge is -2.33. The van der Waals surface area contributed by atoms with Gasteiger partial charge in [-0.2, -0.15) is 0 Å². The third-order valence-electron chi connectivity index (χ3n) is 6.66. The van der Waals surface area contributed by atoms with E-state index in [2.05, 4.69) is 5.32 Å². The first-order valence-corrected chi connectivity index (χ1v) is 14.9. The Morgan fingerprint density at radius 1 is 0.875 bits per heavy atom. The van der Waals surface area contributed by atoms with E-state index in [1.165, 1.54) is 24.1 Å². The van der Waals surface area contributed by atoms with E-state index in [9.17, 15) is 18.0 Å². The molecule has 1 atom stereocenters. The molecule has 0 fully saturated rings. The zero-order chi connectivity index (χ0) is 29.3. The molecule has 0 aromatic heterocycles. The first-order valence-electron chi connectivity index (χ1n) is 13.5. The number of methoxy groups -OCH3 is 1. The van der Waals surface area contributed by atoms with Crippen LogP contribution >= 0.6 is 0 Å². The van der Waals surface area contributed by atoms with Gasteiger partial charge in [0, 0.05) is 13.1 Å². The molecular weight excluding hydrogens is 526 g/mol. The fraction of sp³-hybridized carbons (Fsp3) is 0.355. The van der Waals surface area contributed by atoms with Crippen LogP contribution in [0.15, 0.2) is 77.7 Å². The maximum absolute atomic E-state index is 14.0. The number of carbonyl (C=O) groups is 2. The van der Waals surface area contributed by atoms with Crippen molar-refractivity contribution in [2.75, 3.05) is 24.5 Å². The molecule has 0 aliphatic rings. The maximum atomic E-state index is 14.0. The first-order chi connectivity index (χ1) is 19.1. The molecule has 0 spiro atoms. The van der Waals surface area contributed by atoms with Crippen LogP contribution in [-0.4, -0.2) is 51.4 Å². The lowest BCUT2D eigenvalue weighted by molar-refractivity contribution is -0.140. The molecule has 3 aromatic carbocycles. The highest BCUT2D eigenvalue weighted by Gasteiger charge is 2.33. The molecular formula is C31H39N3O5S. The van der Waals surface area contributed by atoms with E-state index >= 15 is 0 Å². The number of nitrogens with zero attached hydrogens (tertiary/aromatic N) is 2. The topological polar surface area (TPSA) is 96.0 Å². The minimum atomic E-state index is -4.12. The molecule has 0 saturated carbocycles. The predicted octanol–water partition coefficient (Wildman–Crippen LogP) is 4.84. The average Bonchev–Trinajstić information content (AvgIpc) is 2.95. The number of anilines is 1. The molecule has 1 unspecified atom stereocenters. The predicted molar refractivity (Wildman–Crippen MR) is 158 cm³/mol. The van der Waals surface area contributed by atoms with E-state index in [1.54, 1.807) is 36.4 Å². The number of nitrogens with one attached hydrogen (secondary N) is 1. The molecule has 1 N–H and O–H groups in total. The van der Waals surface area contributed by atoms with Gasteiger partial charge in [-0.25, -0.2) is 8.42 Å². The van der Waals surface area contributed by atoms with Crippen LogP contribution in [-0.2, 0) is 26.2 Å². The van der Waals surface area contributed by atoms with Crippen molar-refractivity contribution in [2.24, 2.45) is 0 Å². The van der Waals surface area contributed by atoms with Gasteiger partial charge in [-0.05, 0) is 68.7 Å². The highest BCUT2D eigenvalue weighted by atomic mass is 32.2. The average molecular weight is 566 g/mol. The monoisotopic (exact) mass is 565 g/mol. The quantitative estimate of drug-likeness (QED) is 0.320. The van der Waals surface area contributed by atoms with Gasteiger partial charge in [-0.15, -0.1) is 0 Å². The van der Waals surface area contributed by atoms with Crippen LogP contribution in [0.1, 0.15) is 43.4 Å². The molecule has 3 rings (SSSR count). The molecule has 0 heterocycles. The fourth-order valence-corrected chi connectivity index (χ4v) is 5.70. The Hall–Kier alpha value is -3.85. The van der Waals surface area contributed by atoms with Gasteiger partial charge in [0.15, 0.2) is 0 Å². The molecule has 3 aromatic rings. The Bertz CT molecular complexity index is 1370. The number of rotatable bonds is 13. The van der Waals surface area contributed by atoms with Crippen molar-refractivity contribution in [3.8, 4) is 5.75 Å². The summed E-state index contributed by atoms with van der Waals surface area (Å²) in [5.41, 5.74) is 3.15. The van der Waals surface area contributed by atoms with Gasteiger partial charge in [0.05, 0.1) is 17.7 Å². The molecule has 9 heteroatoms. The number of aryl methyl sites for hydroxylation is 2. The fourth-order valence-electron chi connectivity index (χ4n) is 4.29. The molecule has 0 aliphatic heterocycles. The normalized spacial score (nSPS) is 11.9. The minimum Gasteiger partial charge on any atom is -0.497 e. The number of hydrogen-bond donors (Lipinski definition) is 1. The minimum absolute atomic E-state index is 0.0690. The summed E-state index contributed by atoms with van der Waals surface area (Å²) in [4.78, 5) is 28.7. The second-order valence-corrected chi connectivity index (χ2v) is 11.6. The smallest absolute Gasteiger partial charge is 0.264 e. The number of carbonyl (C=O) groups excluding carboxylic acids is 2. The van der Waals surface area contributed by atoms with Crippen LogP contribution < -0.4 is 14.4 Å². The Kier molecular flexibility index (Phi) is 10.7. The zero-order valence-electron chi connectivity index (χ0n) is 23.9. The van der Waals surface area contributed by atoms with Gasteiger partial charge in [0.1, 0.15) is 18.3 Å². The van der Waals surface area contributed by atoms with E-state index in [4.69, 9.17) is 4.74 Å². The second-order valence-electron chi connectivity index (χ2n) is 9.75. The maximum Gasteiger partial charge on any atom is 0.264 e. The largest absolute Gasteiger partial charge is 0.497 e. The van der Waals surface area contributed by atoms with Crippen LogP contribution in [0.4, 0.5) is 5.69 Å². The number of sulfonamides is 1. The summed E-state index contributed by atoms with van der Waals surface area (Å²) < 4.78 is 34.2. The Balaban J connectivity index is 2.04. The SMILES string of the molecule is CCCNC(=O)C(CC)N(Cc1ccc(C)cc1)C(=O)CN(c1ccc(OC)cc1)S(=O)(=O)c1ccc(C)cc1. The summed E-state index contributed by atoms with van der Waals surface area (Å²) in [6.45, 7) is 7.82. The molecule has 2 amide bonds. The van der Waals surface area contributed by atoms with Crippen LogP contribution in [0, 0.1) is 13.8 Å². The van der Waals surface area contributed by atoms with Crippen molar-refractivity contribution >= 4 is 27.5 Å². The van der Waals surface area contributed by atoms with Gasteiger partial charge in [0.25, 0.3) is 10.0 Å². The summed E-state index contributed by atoms with van der Waals surface area (Å²) in [6.07, 6.45) is 1.13. The van der Waals surface area contributed by atoms with Gasteiger partial charge < -0.3 is 15.0 Å². The van der Waals surface area contributed by atoms with Crippen molar-refractivity contribution in [3.63, 3.8) is 0 Å². The molecule has 0 saturated heterocycles. The van der Waals surface area contributed by atoms with Gasteiger partial charge in [0.2, 0.25) is 11.8 Å². The summed E-state index contributed by atoms with van der Waals surface area (Å²) in [5.74, 6) is -0.185. The van der Waals surface area contributed by atoms with Crippen molar-refractivity contribution in [1.29, 1.82) is 0 Å². The number of benzene rings is 3. The van der Waals surface area contributed by atoms with E-state index < -0.39 is 28.5 Å². The third kappa shape index (κ3) is 7.63. The highest BCUT2D eigenvalue weighted by molar-refractivity contribution is 7.92. The van der Waals surface area contributed by atoms with Gasteiger partial charge >= 0.3 is 0 Å². The molecule has 0 radical (unpaired) electrons. The van der Waals surface area contributed by atoms with Crippen LogP contribution in [0.2, 0.25) is 0 Å². The lowest BCUT2D eigenvalue weighted by atomic mass is 10.1. The van der Waals surface area contributed by atoms with Crippen LogP contribution in [0.5, 0.6) is 5.75 Å². The number of hydrogen-bond acceptors (Lipinski definition) is 5. The Morgan fingerprint density at radius 2 is 1.45 bits per heavy atom. The van der Waals surface area contributed by atoms with Crippen LogP contribution in [0.3, 0.4) is 0 Å². The first kappa shape index (κ1) is 30.7. The van der Waals surface area contributed by atoms with Gasteiger partial charge in [-0.1, -0.05) is 61.4 Å². The van der Waals surface area contributed by atoms with E-state index in [-0.39, 0.29) is 17.3 Å². The highest BCUT2D eigenvalue weighted by Crippen LogP contribution is 2.27. The summed E-state index contributed by atoms with van der Waals surface area (Å²) in [7, 11) is -2.60. The number of amides is 2. The van der Waals surface area contributed by atoms with Crippen LogP contribution in [0.25, 0.3) is 0 Å². The van der Waals surface area contributed by atoms with Crippen molar-refractivity contribution in [1.82, 2.24) is 10.2 Å². The van der Waals surface area contributed by atoms with E-state index in [0.29, 0.717) is 24.4 Å². The Morgan fingerprint density at radius 3 is 1.98 bits per heavy atom. The lowest BCUT2D eigenvalue weighted by Crippen LogP contribution is -2.52. The molecule has 0 bridgehead atoms. The third-order valence-corrected chi connectivity index (χ3v) is 8.45. The molecule has 214 valence electrons. The Labute approximate surface area is 238 Å². The molecule has 8 nitrogen and oxygen atoms in total. The summed E-state index contributed by atoms with van der Waals surface area (Å²) in [5, 5.41) is 2.89. The van der Waals surface area contributed by atoms with Crippen molar-refractivity contribution in [2.45, 2.75) is 58.0 Å². The molecule has 40 heavy (non-hydrogen) atoms. The summed E-state index contributed by atoms with van der Waals surface area (Å²) >= 11 is 0. The number of ether oxygens (including phenoxy) is 1. The van der Waals surface area contributed by atoms with Crippen molar-refractivity contribution in [3.05, 3.63) is 89.5 Å².